The molecule has 9 atom stereocenters. The SMILES string of the molecule is COc1cc2cc(c1Cl)N(C)C(=O)C[C@H](CC(=O)[C@H](C)OCCSC1CCN(C[C@H]3CC[C@H](C(=O)ON4C(=O)CCC4=O)CC3)C1=O)[C@]1(C)O[C@H]1[C@H](C)C1C[C@@](O)(NC(=O)O1)[C@H](OC)/C=C/C=C(\C)C2. The number of nitrogens with zero attached hydrogens (tertiary/aromatic N) is 3. The summed E-state index contributed by atoms with van der Waals surface area (Å²) in [6, 6.07) is 3.64. The van der Waals surface area contributed by atoms with Crippen LogP contribution in [0.2, 0.25) is 5.02 Å². The topological polar surface area (TPSA) is 220 Å². The molecule has 5 fully saturated rings. The fraction of sp³-hybridized carbons (Fsp3) is 0.660. The second kappa shape index (κ2) is 22.5. The van der Waals surface area contributed by atoms with Crippen LogP contribution in [0.4, 0.5) is 10.5 Å². The second-order valence-electron chi connectivity index (χ2n) is 19.8. The Bertz CT molecular complexity index is 2240. The van der Waals surface area contributed by atoms with Crippen LogP contribution >= 0.6 is 23.4 Å². The molecule has 5 heterocycles. The van der Waals surface area contributed by atoms with Crippen molar-refractivity contribution in [3.05, 3.63) is 46.5 Å². The lowest BCUT2D eigenvalue weighted by atomic mass is 9.78. The molecular formula is C50H67ClN4O14S. The Kier molecular flexibility index (Phi) is 17.1. The summed E-state index contributed by atoms with van der Waals surface area (Å²) in [5, 5.41) is 15.0. The fourth-order valence-corrected chi connectivity index (χ4v) is 11.9. The number of hydrogen-bond acceptors (Lipinski definition) is 15. The van der Waals surface area contributed by atoms with Crippen molar-refractivity contribution in [2.24, 2.45) is 23.7 Å². The smallest absolute Gasteiger partial charge is 0.409 e. The van der Waals surface area contributed by atoms with Crippen molar-refractivity contribution in [2.45, 2.75) is 139 Å². The average Bonchev–Trinajstić information content (AvgIpc) is 3.78. The number of nitrogens with one attached hydrogen (secondary N) is 1. The van der Waals surface area contributed by atoms with Crippen molar-refractivity contribution in [1.29, 1.82) is 0 Å². The Morgan fingerprint density at radius 2 is 1.76 bits per heavy atom. The summed E-state index contributed by atoms with van der Waals surface area (Å²) >= 11 is 8.33. The van der Waals surface area contributed by atoms with Crippen LogP contribution in [0.1, 0.15) is 97.5 Å². The lowest BCUT2D eigenvalue weighted by Gasteiger charge is -2.42. The molecule has 6 aliphatic rings. The van der Waals surface area contributed by atoms with Crippen LogP contribution in [0.5, 0.6) is 5.75 Å². The highest BCUT2D eigenvalue weighted by atomic mass is 35.5. The number of methoxy groups -OCH3 is 2. The van der Waals surface area contributed by atoms with E-state index in [9.17, 15) is 38.7 Å². The number of amides is 5. The van der Waals surface area contributed by atoms with E-state index in [2.05, 4.69) is 5.32 Å². The van der Waals surface area contributed by atoms with Gasteiger partial charge in [0.1, 0.15) is 29.1 Å². The van der Waals surface area contributed by atoms with E-state index in [4.69, 9.17) is 40.1 Å². The summed E-state index contributed by atoms with van der Waals surface area (Å²) in [5.74, 6) is -2.50. The number of rotatable bonds is 14. The standard InChI is InChI=1S/C50H67ClN4O14S/c1-28-9-8-10-40(65-7)50(63)26-38(67-48(62)52-50)29(2)45-49(4,68-45)34(25-43(59)53(5)35-22-32(21-28)23-37(64-6)44(35)51)24-36(56)30(3)66-19-20-70-39-17-18-54(46(39)60)27-31-11-13-33(14-12-31)47(61)69-55-41(57)15-16-42(55)58/h8-10,22-23,29-31,33-34,38-40,45,63H,11-21,24-27H2,1-7H3,(H,52,62)/b10-8+,28-9+/t29-,30+,31-,33-,34+,38?,39?,40-,45+,49+,50+/m1/s1. The fourth-order valence-electron chi connectivity index (χ4n) is 10.5. The number of thioether (sulfide) groups is 1. The van der Waals surface area contributed by atoms with E-state index in [-0.39, 0.29) is 72.5 Å². The molecule has 7 rings (SSSR count). The Labute approximate surface area is 418 Å². The molecule has 0 aromatic heterocycles. The highest BCUT2D eigenvalue weighted by molar-refractivity contribution is 8.00. The number of hydroxylamine groups is 2. The zero-order chi connectivity index (χ0) is 50.7. The molecule has 1 aliphatic carbocycles. The van der Waals surface area contributed by atoms with Gasteiger partial charge in [-0.2, -0.15) is 0 Å². The van der Waals surface area contributed by atoms with Gasteiger partial charge in [0.25, 0.3) is 11.8 Å². The monoisotopic (exact) mass is 1010 g/mol. The molecule has 1 saturated carbocycles. The summed E-state index contributed by atoms with van der Waals surface area (Å²) in [6.07, 6.45) is 4.93. The van der Waals surface area contributed by atoms with Gasteiger partial charge in [0, 0.05) is 76.9 Å². The number of aliphatic hydroxyl groups is 1. The molecule has 20 heteroatoms. The first-order chi connectivity index (χ1) is 33.2. The molecule has 18 nitrogen and oxygen atoms in total. The first kappa shape index (κ1) is 53.3. The zero-order valence-electron chi connectivity index (χ0n) is 41.1. The highest BCUT2D eigenvalue weighted by Crippen LogP contribution is 2.52. The minimum absolute atomic E-state index is 0.0272. The summed E-state index contributed by atoms with van der Waals surface area (Å²) in [7, 11) is 4.58. The molecule has 2 N–H and O–H groups in total. The number of hydrogen-bond donors (Lipinski definition) is 2. The molecule has 1 aromatic carbocycles. The van der Waals surface area contributed by atoms with Gasteiger partial charge in [0.15, 0.2) is 11.5 Å². The van der Waals surface area contributed by atoms with E-state index in [1.54, 1.807) is 26.1 Å². The summed E-state index contributed by atoms with van der Waals surface area (Å²) < 4.78 is 29.6. The van der Waals surface area contributed by atoms with E-state index in [0.717, 1.165) is 24.0 Å². The van der Waals surface area contributed by atoms with Gasteiger partial charge in [0.2, 0.25) is 11.8 Å². The number of likely N-dealkylation sites (tertiary alicyclic amines) is 1. The number of allylic oxidation sites excluding steroid dienone is 3. The van der Waals surface area contributed by atoms with Crippen molar-refractivity contribution in [2.75, 3.05) is 51.6 Å². The first-order valence-corrected chi connectivity index (χ1v) is 25.7. The van der Waals surface area contributed by atoms with Crippen molar-refractivity contribution in [1.82, 2.24) is 15.3 Å². The van der Waals surface area contributed by atoms with Crippen LogP contribution in [0.3, 0.4) is 0 Å². The molecule has 2 unspecified atom stereocenters. The highest BCUT2D eigenvalue weighted by Gasteiger charge is 2.63. The first-order valence-electron chi connectivity index (χ1n) is 24.3. The number of ether oxygens (including phenoxy) is 5. The normalized spacial score (nSPS) is 33.5. The maximum Gasteiger partial charge on any atom is 0.409 e. The van der Waals surface area contributed by atoms with Gasteiger partial charge in [0.05, 0.1) is 42.3 Å². The van der Waals surface area contributed by atoms with E-state index < -0.39 is 77.4 Å². The predicted octanol–water partition coefficient (Wildman–Crippen LogP) is 5.48. The van der Waals surface area contributed by atoms with E-state index in [0.29, 0.717) is 61.0 Å². The number of halogens is 1. The molecular weight excluding hydrogens is 948 g/mol. The molecule has 0 radical (unpaired) electrons. The number of anilines is 1. The number of carbonyl (C=O) groups is 7. The Balaban J connectivity index is 0.965. The van der Waals surface area contributed by atoms with Gasteiger partial charge in [-0.05, 0) is 82.9 Å². The number of imide groups is 1. The third kappa shape index (κ3) is 12.0. The van der Waals surface area contributed by atoms with Crippen LogP contribution in [0.25, 0.3) is 0 Å². The molecule has 1 aromatic rings. The summed E-state index contributed by atoms with van der Waals surface area (Å²) in [4.78, 5) is 99.8. The van der Waals surface area contributed by atoms with Crippen molar-refractivity contribution < 1.29 is 67.2 Å². The predicted molar refractivity (Wildman–Crippen MR) is 257 cm³/mol. The number of Topliss-reactive ketones (excluding diaryl/α,β-unsaturated/α-hetero) is 1. The summed E-state index contributed by atoms with van der Waals surface area (Å²) in [5.41, 5.74) is -0.637. The maximum absolute atomic E-state index is 14.4. The minimum atomic E-state index is -1.82. The van der Waals surface area contributed by atoms with Crippen LogP contribution in [0.15, 0.2) is 35.9 Å². The third-order valence-corrected chi connectivity index (χ3v) is 16.6. The van der Waals surface area contributed by atoms with Gasteiger partial charge in [-0.15, -0.1) is 16.8 Å². The molecule has 70 heavy (non-hydrogen) atoms. The number of epoxide rings is 1. The molecule has 5 amide bonds. The van der Waals surface area contributed by atoms with Gasteiger partial charge < -0.3 is 43.4 Å². The largest absolute Gasteiger partial charge is 0.495 e. The van der Waals surface area contributed by atoms with Gasteiger partial charge in [-0.25, -0.2) is 9.59 Å². The van der Waals surface area contributed by atoms with Crippen LogP contribution in [-0.4, -0.2) is 144 Å². The quantitative estimate of drug-likeness (QED) is 0.134. The van der Waals surface area contributed by atoms with Crippen LogP contribution < -0.4 is 15.0 Å². The van der Waals surface area contributed by atoms with Crippen LogP contribution in [-0.2, 0) is 59.0 Å². The lowest BCUT2D eigenvalue weighted by molar-refractivity contribution is -0.201. The second-order valence-corrected chi connectivity index (χ2v) is 21.5. The molecule has 4 saturated heterocycles. The molecule has 5 aliphatic heterocycles. The van der Waals surface area contributed by atoms with Gasteiger partial charge in [-0.3, -0.25) is 29.3 Å². The number of carbonyl (C=O) groups excluding carboxylic acids is 7. The Morgan fingerprint density at radius 3 is 2.44 bits per heavy atom. The molecule has 4 bridgehead atoms. The molecule has 0 spiro atoms. The number of ketones is 1. The lowest BCUT2D eigenvalue weighted by Crippen LogP contribution is -2.63. The van der Waals surface area contributed by atoms with E-state index in [1.165, 1.54) is 30.9 Å². The van der Waals surface area contributed by atoms with Crippen LogP contribution in [0, 0.1) is 23.7 Å². The van der Waals surface area contributed by atoms with Crippen molar-refractivity contribution >= 4 is 70.5 Å². The van der Waals surface area contributed by atoms with E-state index in [1.807, 2.05) is 43.9 Å². The van der Waals surface area contributed by atoms with Crippen molar-refractivity contribution in [3.8, 4) is 5.75 Å². The molecule has 384 valence electrons. The minimum Gasteiger partial charge on any atom is -0.495 e. The van der Waals surface area contributed by atoms with Gasteiger partial charge in [-0.1, -0.05) is 42.3 Å². The van der Waals surface area contributed by atoms with Crippen molar-refractivity contribution in [3.63, 3.8) is 0 Å². The zero-order valence-corrected chi connectivity index (χ0v) is 42.6. The Morgan fingerprint density at radius 1 is 1.04 bits per heavy atom. The number of benzene rings is 1. The average molecular weight is 1020 g/mol. The summed E-state index contributed by atoms with van der Waals surface area (Å²) in [6.45, 7) is 8.73. The van der Waals surface area contributed by atoms with E-state index >= 15 is 0 Å². The number of fused-ring (bicyclic) bond motifs is 5. The maximum atomic E-state index is 14.4. The third-order valence-electron chi connectivity index (χ3n) is 14.9. The number of alkyl carbamates (subject to hydrolysis) is 1. The Hall–Kier alpha value is -4.53. The van der Waals surface area contributed by atoms with Gasteiger partial charge >= 0.3 is 12.1 Å².